The first-order valence-electron chi connectivity index (χ1n) is 4.98. The Labute approximate surface area is 90.2 Å². The normalized spacial score (nSPS) is 18.7. The molecule has 15 heavy (non-hydrogen) atoms. The Morgan fingerprint density at radius 3 is 1.67 bits per heavy atom. The van der Waals surface area contributed by atoms with Gasteiger partial charge in [0.2, 0.25) is 0 Å². The van der Waals surface area contributed by atoms with Crippen LogP contribution in [0.1, 0.15) is 0 Å². The van der Waals surface area contributed by atoms with E-state index in [1.165, 1.54) is 11.1 Å². The predicted molar refractivity (Wildman–Crippen MR) is 65.0 cm³/mol. The molecule has 1 heteroatoms. The van der Waals surface area contributed by atoms with Crippen molar-refractivity contribution in [2.24, 2.45) is 0 Å². The van der Waals surface area contributed by atoms with Crippen LogP contribution in [0.25, 0.3) is 0 Å². The van der Waals surface area contributed by atoms with E-state index in [4.69, 9.17) is 0 Å². The summed E-state index contributed by atoms with van der Waals surface area (Å²) in [6.45, 7) is 0. The maximum Gasteiger partial charge on any atom is 0.000442 e. The van der Waals surface area contributed by atoms with E-state index in [1.54, 1.807) is 0 Å². The number of hydrogen-bond acceptors (Lipinski definition) is 1. The smallest absolute Gasteiger partial charge is 0.000442 e. The predicted octanol–water partition coefficient (Wildman–Crippen LogP) is 3.15. The summed E-state index contributed by atoms with van der Waals surface area (Å²) in [5.41, 5.74) is 2.70. The van der Waals surface area contributed by atoms with Crippen LogP contribution in [-0.4, -0.2) is 0 Å². The number of allylic oxidation sites excluding steroid dienone is 12. The molecule has 1 aliphatic heterocycles. The van der Waals surface area contributed by atoms with Crippen molar-refractivity contribution in [1.29, 1.82) is 0 Å². The van der Waals surface area contributed by atoms with Crippen LogP contribution < -0.4 is 5.32 Å². The average molecular weight is 195 g/mol. The van der Waals surface area contributed by atoms with Crippen LogP contribution in [0.15, 0.2) is 84.3 Å². The van der Waals surface area contributed by atoms with Crippen molar-refractivity contribution in [1.82, 2.24) is 5.32 Å². The molecule has 0 saturated heterocycles. The van der Waals surface area contributed by atoms with Gasteiger partial charge in [-0.25, -0.2) is 0 Å². The van der Waals surface area contributed by atoms with Crippen molar-refractivity contribution in [3.8, 4) is 0 Å². The van der Waals surface area contributed by atoms with Gasteiger partial charge in [0.25, 0.3) is 0 Å². The van der Waals surface area contributed by atoms with Crippen LogP contribution in [0.3, 0.4) is 0 Å². The summed E-state index contributed by atoms with van der Waals surface area (Å²) in [6.07, 6.45) is 24.2. The fourth-order valence-electron chi connectivity index (χ4n) is 1.41. The van der Waals surface area contributed by atoms with Gasteiger partial charge in [-0.3, -0.25) is 0 Å². The summed E-state index contributed by atoms with van der Waals surface area (Å²) in [5, 5.41) is 2.92. The van der Waals surface area contributed by atoms with Crippen molar-refractivity contribution >= 4 is 0 Å². The minimum atomic E-state index is 1.35. The van der Waals surface area contributed by atoms with Crippen LogP contribution in [0, 0.1) is 0 Å². The van der Waals surface area contributed by atoms with E-state index in [1.807, 2.05) is 36.7 Å². The molecular weight excluding hydrogens is 182 g/mol. The first kappa shape index (κ1) is 9.53. The lowest BCUT2D eigenvalue weighted by molar-refractivity contribution is 1.20. The minimum absolute atomic E-state index is 1.35. The van der Waals surface area contributed by atoms with Crippen LogP contribution in [0.4, 0.5) is 0 Å². The van der Waals surface area contributed by atoms with E-state index < -0.39 is 0 Å². The van der Waals surface area contributed by atoms with E-state index in [0.717, 1.165) is 0 Å². The third-order valence-electron chi connectivity index (χ3n) is 2.15. The number of nitrogens with one attached hydrogen (secondary N) is 1. The molecular formula is C14H13N. The van der Waals surface area contributed by atoms with Crippen molar-refractivity contribution in [2.45, 2.75) is 0 Å². The van der Waals surface area contributed by atoms with E-state index in [0.29, 0.717) is 0 Å². The van der Waals surface area contributed by atoms with Gasteiger partial charge in [-0.15, -0.1) is 0 Å². The van der Waals surface area contributed by atoms with Gasteiger partial charge in [0.1, 0.15) is 0 Å². The maximum atomic E-state index is 2.92. The Morgan fingerprint density at radius 2 is 1.13 bits per heavy atom. The van der Waals surface area contributed by atoms with Gasteiger partial charge in [0.15, 0.2) is 0 Å². The third kappa shape index (κ3) is 2.71. The fraction of sp³-hybridized carbons (Fsp3) is 0. The van der Waals surface area contributed by atoms with Crippen LogP contribution in [0.2, 0.25) is 0 Å². The summed E-state index contributed by atoms with van der Waals surface area (Å²) in [4.78, 5) is 0. The molecule has 1 nitrogen and oxygen atoms in total. The summed E-state index contributed by atoms with van der Waals surface area (Å²) in [7, 11) is 0. The van der Waals surface area contributed by atoms with Gasteiger partial charge in [0, 0.05) is 12.4 Å². The second kappa shape index (κ2) is 5.01. The summed E-state index contributed by atoms with van der Waals surface area (Å²) >= 11 is 0. The van der Waals surface area contributed by atoms with E-state index >= 15 is 0 Å². The Balaban J connectivity index is 0.000000115. The Kier molecular flexibility index (Phi) is 3.18. The Bertz CT molecular complexity index is 386. The first-order chi connectivity index (χ1) is 7.47. The molecule has 2 aliphatic carbocycles. The monoisotopic (exact) mass is 195 g/mol. The highest BCUT2D eigenvalue weighted by atomic mass is 14.8. The molecule has 1 heterocycles. The van der Waals surface area contributed by atoms with E-state index in [9.17, 15) is 0 Å². The average Bonchev–Trinajstić information content (AvgIpc) is 2.73. The highest BCUT2D eigenvalue weighted by Gasteiger charge is 2.04. The topological polar surface area (TPSA) is 12.0 Å². The van der Waals surface area contributed by atoms with Crippen LogP contribution >= 0.6 is 0 Å². The van der Waals surface area contributed by atoms with Gasteiger partial charge in [-0.2, -0.15) is 0 Å². The zero-order chi connectivity index (χ0) is 10.3. The Morgan fingerprint density at radius 1 is 0.600 bits per heavy atom. The molecule has 74 valence electrons. The summed E-state index contributed by atoms with van der Waals surface area (Å²) in [6, 6.07) is 0. The fourth-order valence-corrected chi connectivity index (χ4v) is 1.41. The second-order valence-corrected chi connectivity index (χ2v) is 3.23. The minimum Gasteiger partial charge on any atom is -0.368 e. The quantitative estimate of drug-likeness (QED) is 0.626. The molecule has 0 amide bonds. The molecule has 3 rings (SSSR count). The van der Waals surface area contributed by atoms with Crippen molar-refractivity contribution < 1.29 is 0 Å². The van der Waals surface area contributed by atoms with Gasteiger partial charge in [-0.05, 0) is 23.3 Å². The Hall–Kier alpha value is -2.02. The second-order valence-electron chi connectivity index (χ2n) is 3.23. The molecule has 0 atom stereocenters. The highest BCUT2D eigenvalue weighted by Crippen LogP contribution is 2.23. The molecule has 0 aromatic carbocycles. The number of rotatable bonds is 0. The maximum absolute atomic E-state index is 2.92. The number of hydrogen-bond donors (Lipinski definition) is 1. The number of fused-ring (bicyclic) bond motifs is 1. The molecule has 3 aliphatic rings. The van der Waals surface area contributed by atoms with E-state index in [-0.39, 0.29) is 0 Å². The van der Waals surface area contributed by atoms with Crippen LogP contribution in [-0.2, 0) is 0 Å². The molecule has 0 aromatic rings. The highest BCUT2D eigenvalue weighted by molar-refractivity contribution is 5.59. The van der Waals surface area contributed by atoms with Gasteiger partial charge in [-0.1, -0.05) is 48.6 Å². The molecule has 0 aromatic heterocycles. The van der Waals surface area contributed by atoms with Gasteiger partial charge >= 0.3 is 0 Å². The lowest BCUT2D eigenvalue weighted by Crippen LogP contribution is -1.87. The standard InChI is InChI=1S/C8H6.C6H7N/c1-3-7-5-2-6-8(7)4-1;1-2-4-6-7-5-3-1/h1-6H;1-7H. The molecule has 0 saturated carbocycles. The first-order valence-corrected chi connectivity index (χ1v) is 4.98. The zero-order valence-corrected chi connectivity index (χ0v) is 8.43. The van der Waals surface area contributed by atoms with Crippen molar-refractivity contribution in [3.63, 3.8) is 0 Å². The summed E-state index contributed by atoms with van der Waals surface area (Å²) < 4.78 is 0. The van der Waals surface area contributed by atoms with Crippen LogP contribution in [0.5, 0.6) is 0 Å². The van der Waals surface area contributed by atoms with Crippen molar-refractivity contribution in [3.05, 3.63) is 84.3 Å². The molecule has 0 bridgehead atoms. The molecule has 0 fully saturated rings. The lowest BCUT2D eigenvalue weighted by atomic mass is 10.2. The van der Waals surface area contributed by atoms with E-state index in [2.05, 4.69) is 41.8 Å². The van der Waals surface area contributed by atoms with Gasteiger partial charge in [0.05, 0.1) is 0 Å². The largest absolute Gasteiger partial charge is 0.368 e. The zero-order valence-electron chi connectivity index (χ0n) is 8.43. The SMILES string of the molecule is C1=CC2=CC=CC2=C1.C1=CC=CNC=C1. The molecule has 0 spiro atoms. The molecule has 1 N–H and O–H groups in total. The van der Waals surface area contributed by atoms with Gasteiger partial charge < -0.3 is 5.32 Å². The molecule has 0 unspecified atom stereocenters. The third-order valence-corrected chi connectivity index (χ3v) is 2.15. The van der Waals surface area contributed by atoms with Crippen molar-refractivity contribution in [2.75, 3.05) is 0 Å². The molecule has 0 radical (unpaired) electrons. The summed E-state index contributed by atoms with van der Waals surface area (Å²) in [5.74, 6) is 0. The lowest BCUT2D eigenvalue weighted by Gasteiger charge is -1.85.